The summed E-state index contributed by atoms with van der Waals surface area (Å²) >= 11 is 0. The van der Waals surface area contributed by atoms with Crippen molar-refractivity contribution < 1.29 is 14.6 Å². The summed E-state index contributed by atoms with van der Waals surface area (Å²) in [6.07, 6.45) is 2.38. The minimum absolute atomic E-state index is 0.250. The van der Waals surface area contributed by atoms with E-state index >= 15 is 0 Å². The summed E-state index contributed by atoms with van der Waals surface area (Å²) < 4.78 is 5.65. The number of carbonyl (C=O) groups is 1. The second kappa shape index (κ2) is 6.84. The fourth-order valence-corrected chi connectivity index (χ4v) is 3.85. The smallest absolute Gasteiger partial charge is 0.290 e. The van der Waals surface area contributed by atoms with Crippen LogP contribution in [0.3, 0.4) is 0 Å². The van der Waals surface area contributed by atoms with Crippen LogP contribution in [0.4, 0.5) is 0 Å². The van der Waals surface area contributed by atoms with Gasteiger partial charge in [-0.15, -0.1) is 0 Å². The normalized spacial score (nSPS) is 20.9. The molecule has 0 spiro atoms. The number of hydrogen-bond donors (Lipinski definition) is 2. The van der Waals surface area contributed by atoms with Gasteiger partial charge in [0.25, 0.3) is 6.47 Å². The third-order valence-electron chi connectivity index (χ3n) is 4.76. The standard InChI is InChI=1S/C18H19NO.CH2O2/c1-20-16-8-4-6-13-11-19-15-10-9-12-5-2-3-7-14(12)18(15)17(13)16;2-1-3/h2-8,15,18-19H,9-11H2,1H3;1H,(H,2,3). The first-order valence-electron chi connectivity index (χ1n) is 7.85. The second-order valence-electron chi connectivity index (χ2n) is 5.84. The van der Waals surface area contributed by atoms with E-state index in [0.717, 1.165) is 12.3 Å². The van der Waals surface area contributed by atoms with Crippen molar-refractivity contribution in [2.75, 3.05) is 7.11 Å². The van der Waals surface area contributed by atoms with Crippen LogP contribution >= 0.6 is 0 Å². The van der Waals surface area contributed by atoms with Crippen LogP contribution in [0.2, 0.25) is 0 Å². The molecule has 0 aromatic heterocycles. The summed E-state index contributed by atoms with van der Waals surface area (Å²) in [7, 11) is 1.78. The molecule has 0 saturated heterocycles. The van der Waals surface area contributed by atoms with Crippen LogP contribution < -0.4 is 10.1 Å². The van der Waals surface area contributed by atoms with Crippen molar-refractivity contribution in [3.05, 3.63) is 64.7 Å². The van der Waals surface area contributed by atoms with Crippen LogP contribution in [-0.4, -0.2) is 24.7 Å². The zero-order chi connectivity index (χ0) is 16.2. The molecule has 4 nitrogen and oxygen atoms in total. The van der Waals surface area contributed by atoms with E-state index < -0.39 is 0 Å². The van der Waals surface area contributed by atoms with E-state index in [9.17, 15) is 0 Å². The lowest BCUT2D eigenvalue weighted by Gasteiger charge is -2.40. The van der Waals surface area contributed by atoms with Gasteiger partial charge < -0.3 is 15.2 Å². The van der Waals surface area contributed by atoms with Crippen LogP contribution in [0.5, 0.6) is 5.75 Å². The predicted octanol–water partition coefficient (Wildman–Crippen LogP) is 2.95. The van der Waals surface area contributed by atoms with Gasteiger partial charge in [-0.05, 0) is 35.6 Å². The first kappa shape index (κ1) is 15.6. The van der Waals surface area contributed by atoms with Crippen LogP contribution in [0, 0.1) is 0 Å². The minimum Gasteiger partial charge on any atom is -0.496 e. The average molecular weight is 311 g/mol. The van der Waals surface area contributed by atoms with E-state index in [1.54, 1.807) is 7.11 Å². The lowest BCUT2D eigenvalue weighted by molar-refractivity contribution is -0.122. The molecule has 2 aliphatic rings. The van der Waals surface area contributed by atoms with Gasteiger partial charge >= 0.3 is 0 Å². The third-order valence-corrected chi connectivity index (χ3v) is 4.76. The van der Waals surface area contributed by atoms with E-state index in [4.69, 9.17) is 14.6 Å². The lowest BCUT2D eigenvalue weighted by atomic mass is 9.72. The molecule has 0 saturated carbocycles. The summed E-state index contributed by atoms with van der Waals surface area (Å²) in [4.78, 5) is 8.36. The average Bonchev–Trinajstić information content (AvgIpc) is 2.61. The van der Waals surface area contributed by atoms with Crippen molar-refractivity contribution >= 4 is 6.47 Å². The van der Waals surface area contributed by atoms with Crippen molar-refractivity contribution in [2.45, 2.75) is 31.3 Å². The van der Waals surface area contributed by atoms with Crippen molar-refractivity contribution in [2.24, 2.45) is 0 Å². The van der Waals surface area contributed by atoms with Crippen molar-refractivity contribution in [3.63, 3.8) is 0 Å². The summed E-state index contributed by atoms with van der Waals surface area (Å²) in [6.45, 7) is 0.704. The monoisotopic (exact) mass is 311 g/mol. The molecule has 1 aliphatic carbocycles. The Labute approximate surface area is 136 Å². The lowest BCUT2D eigenvalue weighted by Crippen LogP contribution is -2.42. The molecular weight excluding hydrogens is 290 g/mol. The van der Waals surface area contributed by atoms with Gasteiger partial charge in [0.05, 0.1) is 7.11 Å². The first-order valence-corrected chi connectivity index (χ1v) is 7.85. The number of methoxy groups -OCH3 is 1. The molecule has 2 N–H and O–H groups in total. The summed E-state index contributed by atoms with van der Waals surface area (Å²) in [5, 5.41) is 10.6. The summed E-state index contributed by atoms with van der Waals surface area (Å²) in [5.41, 5.74) is 5.74. The molecule has 0 bridgehead atoms. The number of hydrogen-bond acceptors (Lipinski definition) is 3. The molecule has 2 atom stereocenters. The van der Waals surface area contributed by atoms with Gasteiger partial charge in [-0.3, -0.25) is 4.79 Å². The highest BCUT2D eigenvalue weighted by molar-refractivity contribution is 5.52. The fourth-order valence-electron chi connectivity index (χ4n) is 3.85. The number of aryl methyl sites for hydroxylation is 1. The number of ether oxygens (including phenoxy) is 1. The van der Waals surface area contributed by atoms with E-state index in [1.165, 1.54) is 35.1 Å². The Morgan fingerprint density at radius 2 is 1.91 bits per heavy atom. The minimum atomic E-state index is -0.250. The highest BCUT2D eigenvalue weighted by Crippen LogP contribution is 2.44. The molecule has 120 valence electrons. The van der Waals surface area contributed by atoms with E-state index in [2.05, 4.69) is 47.8 Å². The molecule has 0 amide bonds. The number of rotatable bonds is 1. The van der Waals surface area contributed by atoms with Crippen molar-refractivity contribution in [3.8, 4) is 5.75 Å². The zero-order valence-electron chi connectivity index (χ0n) is 13.2. The maximum absolute atomic E-state index is 8.36. The van der Waals surface area contributed by atoms with Gasteiger partial charge in [0.15, 0.2) is 0 Å². The second-order valence-corrected chi connectivity index (χ2v) is 5.84. The molecule has 0 fully saturated rings. The highest BCUT2D eigenvalue weighted by Gasteiger charge is 2.36. The van der Waals surface area contributed by atoms with Crippen LogP contribution in [0.15, 0.2) is 42.5 Å². The molecule has 1 aliphatic heterocycles. The Morgan fingerprint density at radius 3 is 2.70 bits per heavy atom. The Bertz CT molecular complexity index is 685. The maximum atomic E-state index is 8.36. The summed E-state index contributed by atoms with van der Waals surface area (Å²) in [5.74, 6) is 1.47. The van der Waals surface area contributed by atoms with Crippen LogP contribution in [0.25, 0.3) is 0 Å². The molecule has 4 heteroatoms. The molecular formula is C19H21NO3. The Hall–Kier alpha value is -2.33. The quantitative estimate of drug-likeness (QED) is 0.795. The summed E-state index contributed by atoms with van der Waals surface area (Å²) in [6, 6.07) is 15.8. The van der Waals surface area contributed by atoms with Gasteiger partial charge in [-0.1, -0.05) is 36.4 Å². The fraction of sp³-hybridized carbons (Fsp3) is 0.316. The number of nitrogens with one attached hydrogen (secondary N) is 1. The molecule has 0 radical (unpaired) electrons. The van der Waals surface area contributed by atoms with Crippen LogP contribution in [0.1, 0.15) is 34.6 Å². The topological polar surface area (TPSA) is 58.6 Å². The first-order chi connectivity index (χ1) is 11.3. The molecule has 4 rings (SSSR count). The van der Waals surface area contributed by atoms with Crippen molar-refractivity contribution in [1.82, 2.24) is 5.32 Å². The largest absolute Gasteiger partial charge is 0.496 e. The maximum Gasteiger partial charge on any atom is 0.290 e. The van der Waals surface area contributed by atoms with Gasteiger partial charge in [-0.2, -0.15) is 0 Å². The highest BCUT2D eigenvalue weighted by atomic mass is 16.5. The SMILES string of the molecule is COc1cccc2c1C1c3ccccc3CCC1NC2.O=CO. The molecule has 2 aromatic rings. The number of fused-ring (bicyclic) bond motifs is 5. The zero-order valence-corrected chi connectivity index (χ0v) is 13.2. The molecule has 1 heterocycles. The molecule has 2 unspecified atom stereocenters. The van der Waals surface area contributed by atoms with E-state index in [-0.39, 0.29) is 6.47 Å². The Kier molecular flexibility index (Phi) is 4.63. The Morgan fingerprint density at radius 1 is 1.17 bits per heavy atom. The Balaban J connectivity index is 0.000000485. The number of benzene rings is 2. The van der Waals surface area contributed by atoms with E-state index in [0.29, 0.717) is 12.0 Å². The van der Waals surface area contributed by atoms with Crippen molar-refractivity contribution in [1.29, 1.82) is 0 Å². The third kappa shape index (κ3) is 2.82. The van der Waals surface area contributed by atoms with Gasteiger partial charge in [0.1, 0.15) is 5.75 Å². The predicted molar refractivity (Wildman–Crippen MR) is 88.9 cm³/mol. The molecule has 2 aromatic carbocycles. The van der Waals surface area contributed by atoms with Gasteiger partial charge in [-0.25, -0.2) is 0 Å². The molecule has 23 heavy (non-hydrogen) atoms. The van der Waals surface area contributed by atoms with E-state index in [1.807, 2.05) is 0 Å². The number of carboxylic acid groups (broad SMARTS) is 1. The van der Waals surface area contributed by atoms with Gasteiger partial charge in [0, 0.05) is 24.1 Å². The van der Waals surface area contributed by atoms with Crippen LogP contribution in [-0.2, 0) is 17.8 Å². The van der Waals surface area contributed by atoms with Gasteiger partial charge in [0.2, 0.25) is 0 Å².